The Hall–Kier alpha value is -8.14. The molecular weight excluding hydrogens is 951 g/mol. The molecule has 0 spiro atoms. The number of benzene rings is 3. The minimum Gasteiger partial charge on any atom is -0.480 e. The van der Waals surface area contributed by atoms with E-state index in [4.69, 9.17) is 11.1 Å². The molecule has 22 nitrogen and oxygen atoms in total. The maximum atomic E-state index is 14.6. The van der Waals surface area contributed by atoms with E-state index in [0.29, 0.717) is 48.2 Å². The van der Waals surface area contributed by atoms with Gasteiger partial charge in [0.15, 0.2) is 5.96 Å². The number of guanidine groups is 1. The lowest BCUT2D eigenvalue weighted by molar-refractivity contribution is -0.149. The van der Waals surface area contributed by atoms with Crippen molar-refractivity contribution in [1.29, 1.82) is 5.41 Å². The minimum atomic E-state index is -1.37. The van der Waals surface area contributed by atoms with Crippen molar-refractivity contribution < 1.29 is 43.5 Å². The molecule has 0 bridgehead atoms. The number of carbonyl (C=O) groups excluding carboxylic acids is 7. The molecule has 2 fully saturated rings. The molecule has 0 saturated carbocycles. The van der Waals surface area contributed by atoms with E-state index in [1.807, 2.05) is 0 Å². The van der Waals surface area contributed by atoms with Crippen LogP contribution in [0.2, 0.25) is 0 Å². The van der Waals surface area contributed by atoms with Gasteiger partial charge in [-0.05, 0) is 68.7 Å². The van der Waals surface area contributed by atoms with Gasteiger partial charge in [-0.2, -0.15) is 0 Å². The number of aliphatic carboxylic acids is 1. The summed E-state index contributed by atoms with van der Waals surface area (Å²) < 4.78 is 0. The van der Waals surface area contributed by atoms with Crippen LogP contribution in [0.4, 0.5) is 0 Å². The summed E-state index contributed by atoms with van der Waals surface area (Å²) in [7, 11) is 0. The van der Waals surface area contributed by atoms with Crippen molar-refractivity contribution in [2.24, 2.45) is 5.73 Å². The third-order valence-corrected chi connectivity index (χ3v) is 12.9. The van der Waals surface area contributed by atoms with E-state index >= 15 is 0 Å². The number of H-pyrrole nitrogens is 1. The number of hydrogen-bond donors (Lipinski definition) is 12. The average Bonchev–Trinajstić information content (AvgIpc) is 4.22. The fourth-order valence-corrected chi connectivity index (χ4v) is 8.95. The Morgan fingerprint density at radius 1 is 0.676 bits per heavy atom. The number of imidazole rings is 1. The number of aromatic nitrogens is 2. The standard InChI is InChI=1S/C52H67N13O9/c1-32(44(66)64-42(28-35-18-9-4-10-19-35)50(72)65-25-13-22-43(65)51(73)74)59-47(69)41(29-36-30-55-31-58-36)63-49(71)40(27-34-16-7-3-8-17-34)62-48(70)39(26-33-14-5-2-6-15-33)61-46(68)38(21-12-24-57-52(53)54)60-45(67)37-20-11-23-56-37/h2-10,14-19,30-32,37-43,56H,11-13,20-29H2,1H3,(H,55,58)(H,59,69)(H,60,67)(H,61,68)(H,62,70)(H,63,71)(H,64,66)(H,73,74)(H4,53,54,57)/t32-,37-,38-,39-,40-,41-,42-,43+/m0/s1. The molecule has 2 aliphatic heterocycles. The first-order valence-corrected chi connectivity index (χ1v) is 24.9. The zero-order valence-electron chi connectivity index (χ0n) is 41.3. The molecular formula is C52H67N13O9. The number of rotatable bonds is 26. The van der Waals surface area contributed by atoms with Crippen LogP contribution in [-0.2, 0) is 64.0 Å². The summed E-state index contributed by atoms with van der Waals surface area (Å²) in [6.07, 6.45) is 5.37. The highest BCUT2D eigenvalue weighted by atomic mass is 16.4. The van der Waals surface area contributed by atoms with Crippen LogP contribution in [-0.4, -0.2) is 141 Å². The predicted octanol–water partition coefficient (Wildman–Crippen LogP) is -0.300. The highest BCUT2D eigenvalue weighted by molar-refractivity contribution is 5.98. The van der Waals surface area contributed by atoms with Gasteiger partial charge in [-0.25, -0.2) is 9.78 Å². The molecule has 7 amide bonds. The second kappa shape index (κ2) is 27.6. The molecule has 22 heteroatoms. The van der Waals surface area contributed by atoms with Crippen LogP contribution < -0.4 is 48.3 Å². The molecule has 1 aromatic heterocycles. The van der Waals surface area contributed by atoms with Gasteiger partial charge in [-0.1, -0.05) is 91.0 Å². The quantitative estimate of drug-likeness (QED) is 0.0219. The van der Waals surface area contributed by atoms with Crippen molar-refractivity contribution in [3.05, 3.63) is 126 Å². The first kappa shape index (κ1) is 55.2. The maximum Gasteiger partial charge on any atom is 0.326 e. The number of carbonyl (C=O) groups is 8. The van der Waals surface area contributed by atoms with E-state index in [0.717, 1.165) is 6.42 Å². The molecule has 8 atom stereocenters. The first-order valence-electron chi connectivity index (χ1n) is 24.9. The van der Waals surface area contributed by atoms with Crippen molar-refractivity contribution in [3.63, 3.8) is 0 Å². The number of aromatic amines is 1. The normalized spacial score (nSPS) is 17.5. The Balaban J connectivity index is 1.21. The number of carboxylic acids is 1. The monoisotopic (exact) mass is 1020 g/mol. The number of nitrogens with one attached hydrogen (secondary N) is 10. The van der Waals surface area contributed by atoms with Gasteiger partial charge in [-0.15, -0.1) is 0 Å². The predicted molar refractivity (Wildman–Crippen MR) is 273 cm³/mol. The van der Waals surface area contributed by atoms with Crippen LogP contribution in [0.3, 0.4) is 0 Å². The zero-order chi connectivity index (χ0) is 53.0. The highest BCUT2D eigenvalue weighted by Crippen LogP contribution is 2.20. The van der Waals surface area contributed by atoms with E-state index in [9.17, 15) is 43.5 Å². The molecule has 6 rings (SSSR count). The van der Waals surface area contributed by atoms with Gasteiger partial charge in [0.25, 0.3) is 0 Å². The molecule has 0 aliphatic carbocycles. The van der Waals surface area contributed by atoms with Gasteiger partial charge < -0.3 is 63.3 Å². The van der Waals surface area contributed by atoms with Crippen LogP contribution in [0.25, 0.3) is 0 Å². The molecule has 4 aromatic rings. The lowest BCUT2D eigenvalue weighted by atomic mass is 10.0. The number of nitrogens with zero attached hydrogens (tertiary/aromatic N) is 2. The molecule has 3 heterocycles. The lowest BCUT2D eigenvalue weighted by Crippen LogP contribution is -2.60. The SMILES string of the molecule is C[C@H](NC(=O)[C@H](Cc1c[nH]cn1)NC(=O)[C@H](Cc1ccccc1)NC(=O)[C@H](Cc1ccccc1)NC(=O)[C@H](CCCNC(=N)N)NC(=O)[C@@H]1CCCN1)C(=O)N[C@@H](Cc1ccccc1)C(=O)N1CCC[C@@H]1C(=O)O. The highest BCUT2D eigenvalue weighted by Gasteiger charge is 2.39. The molecule has 74 heavy (non-hydrogen) atoms. The van der Waals surface area contributed by atoms with E-state index in [2.05, 4.69) is 52.5 Å². The Morgan fingerprint density at radius 2 is 1.19 bits per heavy atom. The number of hydrogen-bond acceptors (Lipinski definition) is 11. The molecule has 13 N–H and O–H groups in total. The average molecular weight is 1020 g/mol. The van der Waals surface area contributed by atoms with Gasteiger partial charge in [0.1, 0.15) is 42.3 Å². The summed E-state index contributed by atoms with van der Waals surface area (Å²) >= 11 is 0. The van der Waals surface area contributed by atoms with Gasteiger partial charge in [0, 0.05) is 45.0 Å². The van der Waals surface area contributed by atoms with Crippen molar-refractivity contribution in [1.82, 2.24) is 57.4 Å². The Labute approximate surface area is 429 Å². The van der Waals surface area contributed by atoms with Gasteiger partial charge in [0.2, 0.25) is 41.4 Å². The summed E-state index contributed by atoms with van der Waals surface area (Å²) in [5, 5.41) is 39.8. The largest absolute Gasteiger partial charge is 0.480 e. The lowest BCUT2D eigenvalue weighted by Gasteiger charge is -2.29. The second-order valence-corrected chi connectivity index (χ2v) is 18.5. The van der Waals surface area contributed by atoms with Crippen molar-refractivity contribution in [2.45, 2.75) is 119 Å². The molecule has 0 radical (unpaired) electrons. The van der Waals surface area contributed by atoms with Crippen LogP contribution in [0.1, 0.15) is 67.8 Å². The molecule has 3 aromatic carbocycles. The Bertz CT molecular complexity index is 2530. The third-order valence-electron chi connectivity index (χ3n) is 12.9. The summed E-state index contributed by atoms with van der Waals surface area (Å²) in [4.78, 5) is 119. The summed E-state index contributed by atoms with van der Waals surface area (Å²) in [5.74, 6) is -6.04. The van der Waals surface area contributed by atoms with E-state index in [1.54, 1.807) is 91.0 Å². The van der Waals surface area contributed by atoms with Crippen LogP contribution in [0, 0.1) is 5.41 Å². The van der Waals surface area contributed by atoms with Gasteiger partial charge >= 0.3 is 5.97 Å². The molecule has 394 valence electrons. The van der Waals surface area contributed by atoms with Gasteiger partial charge in [0.05, 0.1) is 18.1 Å². The number of nitrogens with two attached hydrogens (primary N) is 1. The summed E-state index contributed by atoms with van der Waals surface area (Å²) in [5.41, 5.74) is 7.89. The van der Waals surface area contributed by atoms with Crippen molar-refractivity contribution in [3.8, 4) is 0 Å². The minimum absolute atomic E-state index is 0.00501. The number of carboxylic acid groups (broad SMARTS) is 1. The fourth-order valence-electron chi connectivity index (χ4n) is 8.95. The maximum absolute atomic E-state index is 14.6. The molecule has 2 aliphatic rings. The third kappa shape index (κ3) is 16.7. The number of likely N-dealkylation sites (tertiary alicyclic amines) is 1. The van der Waals surface area contributed by atoms with Crippen molar-refractivity contribution in [2.75, 3.05) is 19.6 Å². The van der Waals surface area contributed by atoms with Gasteiger partial charge in [-0.3, -0.25) is 39.0 Å². The first-order chi connectivity index (χ1) is 35.6. The molecule has 0 unspecified atom stereocenters. The van der Waals surface area contributed by atoms with Crippen LogP contribution in [0.15, 0.2) is 104 Å². The molecule has 2 saturated heterocycles. The van der Waals surface area contributed by atoms with E-state index in [1.165, 1.54) is 24.3 Å². The Morgan fingerprint density at radius 3 is 1.69 bits per heavy atom. The van der Waals surface area contributed by atoms with Crippen LogP contribution in [0.5, 0.6) is 0 Å². The topological polar surface area (TPSA) is 335 Å². The Kier molecular flexibility index (Phi) is 20.6. The van der Waals surface area contributed by atoms with E-state index in [-0.39, 0.29) is 63.5 Å². The summed E-state index contributed by atoms with van der Waals surface area (Å²) in [6.45, 7) is 2.51. The van der Waals surface area contributed by atoms with Crippen LogP contribution >= 0.6 is 0 Å². The van der Waals surface area contributed by atoms with Crippen molar-refractivity contribution >= 4 is 53.3 Å². The summed E-state index contributed by atoms with van der Waals surface area (Å²) in [6, 6.07) is 17.6. The van der Waals surface area contributed by atoms with E-state index < -0.39 is 89.7 Å². The zero-order valence-corrected chi connectivity index (χ0v) is 41.3. The second-order valence-electron chi connectivity index (χ2n) is 18.5. The number of amides is 7. The smallest absolute Gasteiger partial charge is 0.326 e. The fraction of sp³-hybridized carbons (Fsp3) is 0.423.